The minimum absolute atomic E-state index is 0.617. The van der Waals surface area contributed by atoms with E-state index in [1.807, 2.05) is 18.2 Å². The molecule has 0 N–H and O–H groups in total. The molecule has 0 spiro atoms. The molecule has 0 fully saturated rings. The van der Waals surface area contributed by atoms with Crippen molar-refractivity contribution >= 4 is 32.6 Å². The van der Waals surface area contributed by atoms with Crippen molar-refractivity contribution in [3.63, 3.8) is 0 Å². The Morgan fingerprint density at radius 2 is 0.678 bits per heavy atom. The number of rotatable bonds is 7. The SMILES string of the molecule is c1ccc(-c2cccc(-c3ccc(-c4nc(-c5ccccc5)nc(-c5cc(-n6c7ccccc7c7ccccc76)c(-c6ccccc6)c6ccccc56)n4)cc3)c2)cc1. The Morgan fingerprint density at radius 3 is 1.27 bits per heavy atom. The highest BCUT2D eigenvalue weighted by molar-refractivity contribution is 6.13. The van der Waals surface area contributed by atoms with Gasteiger partial charge in [-0.05, 0) is 62.9 Å². The third-order valence-corrected chi connectivity index (χ3v) is 11.3. The zero-order chi connectivity index (χ0) is 39.1. The van der Waals surface area contributed by atoms with Crippen LogP contribution < -0.4 is 0 Å². The summed E-state index contributed by atoms with van der Waals surface area (Å²) >= 11 is 0. The number of aromatic nitrogens is 4. The Kier molecular flexibility index (Phi) is 8.45. The average molecular weight is 753 g/mol. The number of hydrogen-bond acceptors (Lipinski definition) is 3. The van der Waals surface area contributed by atoms with E-state index >= 15 is 0 Å². The molecule has 0 radical (unpaired) electrons. The van der Waals surface area contributed by atoms with E-state index in [-0.39, 0.29) is 0 Å². The van der Waals surface area contributed by atoms with Gasteiger partial charge in [-0.2, -0.15) is 0 Å². The van der Waals surface area contributed by atoms with Crippen molar-refractivity contribution in [3.05, 3.63) is 218 Å². The second-order valence-corrected chi connectivity index (χ2v) is 14.8. The van der Waals surface area contributed by atoms with E-state index in [9.17, 15) is 0 Å². The first-order valence-corrected chi connectivity index (χ1v) is 19.9. The average Bonchev–Trinajstić information content (AvgIpc) is 3.66. The standard InChI is InChI=1S/C55H36N4/c1-4-17-37(18-5-1)42-23-16-24-43(35-42)38-31-33-41(34-32-38)54-56-53(40-21-8-3-9-22-40)57-55(58-54)48-36-51(52(39-19-6-2-7-20-39)47-28-11-10-25-44(47)48)59-49-29-14-12-26-45(49)46-27-13-15-30-50(46)59/h1-36H. The fourth-order valence-corrected chi connectivity index (χ4v) is 8.47. The van der Waals surface area contributed by atoms with E-state index in [2.05, 4.69) is 205 Å². The van der Waals surface area contributed by atoms with Crippen LogP contribution in [0.5, 0.6) is 0 Å². The first-order chi connectivity index (χ1) is 29.3. The number of hydrogen-bond donors (Lipinski definition) is 0. The van der Waals surface area contributed by atoms with Crippen molar-refractivity contribution in [2.45, 2.75) is 0 Å². The van der Waals surface area contributed by atoms with Gasteiger partial charge in [-0.25, -0.2) is 15.0 Å². The van der Waals surface area contributed by atoms with Crippen LogP contribution in [-0.2, 0) is 0 Å². The lowest BCUT2D eigenvalue weighted by Gasteiger charge is -2.20. The molecule has 0 saturated carbocycles. The summed E-state index contributed by atoms with van der Waals surface area (Å²) in [6.07, 6.45) is 0. The molecule has 0 aliphatic heterocycles. The van der Waals surface area contributed by atoms with Gasteiger partial charge in [0.2, 0.25) is 0 Å². The van der Waals surface area contributed by atoms with Gasteiger partial charge in [0.05, 0.1) is 16.7 Å². The van der Waals surface area contributed by atoms with Crippen LogP contribution in [0.3, 0.4) is 0 Å². The van der Waals surface area contributed by atoms with Gasteiger partial charge in [0.25, 0.3) is 0 Å². The lowest BCUT2D eigenvalue weighted by atomic mass is 9.92. The second kappa shape index (κ2) is 14.5. The van der Waals surface area contributed by atoms with Gasteiger partial charge in [-0.15, -0.1) is 0 Å². The topological polar surface area (TPSA) is 43.6 Å². The van der Waals surface area contributed by atoms with E-state index in [1.165, 1.54) is 21.9 Å². The summed E-state index contributed by atoms with van der Waals surface area (Å²) in [6, 6.07) is 77.0. The summed E-state index contributed by atoms with van der Waals surface area (Å²) in [5.74, 6) is 1.86. The Hall–Kier alpha value is -7.95. The molecule has 0 bridgehead atoms. The van der Waals surface area contributed by atoms with Crippen LogP contribution in [-0.4, -0.2) is 19.5 Å². The quantitative estimate of drug-likeness (QED) is 0.163. The molecule has 0 aliphatic rings. The van der Waals surface area contributed by atoms with Gasteiger partial charge in [0.15, 0.2) is 17.5 Å². The lowest BCUT2D eigenvalue weighted by Crippen LogP contribution is -2.03. The molecular weight excluding hydrogens is 717 g/mol. The highest BCUT2D eigenvalue weighted by Crippen LogP contribution is 2.43. The van der Waals surface area contributed by atoms with Crippen molar-refractivity contribution in [2.75, 3.05) is 0 Å². The first kappa shape index (κ1) is 34.3. The van der Waals surface area contributed by atoms with Crippen molar-refractivity contribution < 1.29 is 0 Å². The Bertz CT molecular complexity index is 3250. The smallest absolute Gasteiger partial charge is 0.164 e. The number of benzene rings is 9. The van der Waals surface area contributed by atoms with Gasteiger partial charge >= 0.3 is 0 Å². The summed E-state index contributed by atoms with van der Waals surface area (Å²) in [6.45, 7) is 0. The molecule has 2 aromatic heterocycles. The van der Waals surface area contributed by atoms with E-state index in [4.69, 9.17) is 15.0 Å². The van der Waals surface area contributed by atoms with Crippen molar-refractivity contribution in [2.24, 2.45) is 0 Å². The summed E-state index contributed by atoms with van der Waals surface area (Å²) in [5, 5.41) is 4.61. The normalized spacial score (nSPS) is 11.4. The Balaban J connectivity index is 1.13. The van der Waals surface area contributed by atoms with Crippen LogP contribution in [0.1, 0.15) is 0 Å². The maximum Gasteiger partial charge on any atom is 0.164 e. The van der Waals surface area contributed by atoms with Gasteiger partial charge in [0.1, 0.15) is 0 Å². The predicted molar refractivity (Wildman–Crippen MR) is 244 cm³/mol. The molecule has 9 aromatic carbocycles. The number of para-hydroxylation sites is 2. The molecule has 0 atom stereocenters. The number of nitrogens with zero attached hydrogens (tertiary/aromatic N) is 4. The highest BCUT2D eigenvalue weighted by Gasteiger charge is 2.22. The molecule has 0 saturated heterocycles. The van der Waals surface area contributed by atoms with E-state index in [0.717, 1.165) is 66.4 Å². The van der Waals surface area contributed by atoms with Crippen LogP contribution in [0.2, 0.25) is 0 Å². The van der Waals surface area contributed by atoms with Crippen LogP contribution in [0.4, 0.5) is 0 Å². The van der Waals surface area contributed by atoms with Gasteiger partial charge in [0, 0.05) is 33.0 Å². The first-order valence-electron chi connectivity index (χ1n) is 19.9. The zero-order valence-electron chi connectivity index (χ0n) is 32.1. The minimum Gasteiger partial charge on any atom is -0.309 e. The second-order valence-electron chi connectivity index (χ2n) is 14.8. The molecule has 276 valence electrons. The summed E-state index contributed by atoms with van der Waals surface area (Å²) < 4.78 is 2.41. The molecule has 0 amide bonds. The maximum atomic E-state index is 5.32. The van der Waals surface area contributed by atoms with Crippen LogP contribution in [0.15, 0.2) is 218 Å². The Labute approximate surface area is 342 Å². The Morgan fingerprint density at radius 1 is 0.271 bits per heavy atom. The van der Waals surface area contributed by atoms with E-state index in [0.29, 0.717) is 17.5 Å². The monoisotopic (exact) mass is 752 g/mol. The molecule has 4 nitrogen and oxygen atoms in total. The molecular formula is C55H36N4. The molecule has 59 heavy (non-hydrogen) atoms. The third kappa shape index (κ3) is 6.15. The van der Waals surface area contributed by atoms with Gasteiger partial charge < -0.3 is 4.57 Å². The molecule has 4 heteroatoms. The van der Waals surface area contributed by atoms with Crippen molar-refractivity contribution in [3.8, 4) is 73.2 Å². The third-order valence-electron chi connectivity index (χ3n) is 11.3. The molecule has 2 heterocycles. The van der Waals surface area contributed by atoms with Gasteiger partial charge in [-0.1, -0.05) is 194 Å². The van der Waals surface area contributed by atoms with Crippen molar-refractivity contribution in [1.82, 2.24) is 19.5 Å². The fraction of sp³-hybridized carbons (Fsp3) is 0. The zero-order valence-corrected chi connectivity index (χ0v) is 32.1. The van der Waals surface area contributed by atoms with Gasteiger partial charge in [-0.3, -0.25) is 0 Å². The maximum absolute atomic E-state index is 5.32. The van der Waals surface area contributed by atoms with E-state index < -0.39 is 0 Å². The van der Waals surface area contributed by atoms with E-state index in [1.54, 1.807) is 0 Å². The minimum atomic E-state index is 0.617. The molecule has 0 unspecified atom stereocenters. The predicted octanol–water partition coefficient (Wildman–Crippen LogP) is 14.1. The van der Waals surface area contributed by atoms with Crippen LogP contribution in [0.25, 0.3) is 106 Å². The molecule has 11 aromatic rings. The summed E-state index contributed by atoms with van der Waals surface area (Å²) in [7, 11) is 0. The molecule has 0 aliphatic carbocycles. The van der Waals surface area contributed by atoms with Crippen LogP contribution in [0, 0.1) is 0 Å². The highest BCUT2D eigenvalue weighted by atomic mass is 15.0. The van der Waals surface area contributed by atoms with Crippen molar-refractivity contribution in [1.29, 1.82) is 0 Å². The largest absolute Gasteiger partial charge is 0.309 e. The van der Waals surface area contributed by atoms with Crippen LogP contribution >= 0.6 is 0 Å². The number of fused-ring (bicyclic) bond motifs is 4. The molecule has 11 rings (SSSR count). The summed E-state index contributed by atoms with van der Waals surface area (Å²) in [5.41, 5.74) is 13.1. The summed E-state index contributed by atoms with van der Waals surface area (Å²) in [4.78, 5) is 15.7. The lowest BCUT2D eigenvalue weighted by molar-refractivity contribution is 1.07. The fourth-order valence-electron chi connectivity index (χ4n) is 8.47.